The Morgan fingerprint density at radius 1 is 1.40 bits per heavy atom. The number of hydrogen-bond acceptors (Lipinski definition) is 4. The standard InChI is InChI=1S/C15H16ClNO2S/c1-9-6-7-20-14(9)10(2)17-13-5-4-11(16)8-12(13)15(18)19-3/h4-8,10,17H,1-3H3. The van der Waals surface area contributed by atoms with Gasteiger partial charge in [0, 0.05) is 15.6 Å². The molecule has 3 nitrogen and oxygen atoms in total. The van der Waals surface area contributed by atoms with E-state index in [2.05, 4.69) is 30.6 Å². The molecular formula is C15H16ClNO2S. The Labute approximate surface area is 127 Å². The van der Waals surface area contributed by atoms with Gasteiger partial charge in [-0.15, -0.1) is 11.3 Å². The van der Waals surface area contributed by atoms with Crippen molar-refractivity contribution in [1.29, 1.82) is 0 Å². The van der Waals surface area contributed by atoms with E-state index in [0.717, 1.165) is 5.69 Å². The number of carbonyl (C=O) groups is 1. The third-order valence-corrected chi connectivity index (χ3v) is 4.49. The van der Waals surface area contributed by atoms with Gasteiger partial charge in [-0.25, -0.2) is 4.79 Å². The van der Waals surface area contributed by atoms with Crippen molar-refractivity contribution in [1.82, 2.24) is 0 Å². The molecule has 0 radical (unpaired) electrons. The number of anilines is 1. The largest absolute Gasteiger partial charge is 0.465 e. The van der Waals surface area contributed by atoms with E-state index >= 15 is 0 Å². The van der Waals surface area contributed by atoms with Crippen molar-refractivity contribution in [3.05, 3.63) is 50.7 Å². The van der Waals surface area contributed by atoms with E-state index in [9.17, 15) is 4.79 Å². The van der Waals surface area contributed by atoms with E-state index in [0.29, 0.717) is 10.6 Å². The average Bonchev–Trinajstić information content (AvgIpc) is 2.86. The van der Waals surface area contributed by atoms with Crippen LogP contribution in [0.3, 0.4) is 0 Å². The second kappa shape index (κ2) is 6.29. The van der Waals surface area contributed by atoms with Gasteiger partial charge in [-0.05, 0) is 49.1 Å². The lowest BCUT2D eigenvalue weighted by molar-refractivity contribution is 0.0602. The molecule has 0 spiro atoms. The van der Waals surface area contributed by atoms with Crippen molar-refractivity contribution in [2.45, 2.75) is 19.9 Å². The highest BCUT2D eigenvalue weighted by Gasteiger charge is 2.16. The first-order chi connectivity index (χ1) is 9.52. The Morgan fingerprint density at radius 2 is 2.15 bits per heavy atom. The van der Waals surface area contributed by atoms with Crippen molar-refractivity contribution in [2.24, 2.45) is 0 Å². The molecular weight excluding hydrogens is 294 g/mol. The van der Waals surface area contributed by atoms with Crippen LogP contribution in [0.25, 0.3) is 0 Å². The van der Waals surface area contributed by atoms with Crippen LogP contribution in [-0.2, 0) is 4.74 Å². The van der Waals surface area contributed by atoms with Gasteiger partial charge in [-0.3, -0.25) is 0 Å². The maximum absolute atomic E-state index is 11.8. The molecule has 0 saturated heterocycles. The third kappa shape index (κ3) is 3.14. The molecule has 0 saturated carbocycles. The first-order valence-corrected chi connectivity index (χ1v) is 7.47. The zero-order valence-electron chi connectivity index (χ0n) is 11.6. The molecule has 0 bridgehead atoms. The zero-order valence-corrected chi connectivity index (χ0v) is 13.1. The lowest BCUT2D eigenvalue weighted by Crippen LogP contribution is -2.11. The van der Waals surface area contributed by atoms with Gasteiger partial charge < -0.3 is 10.1 Å². The number of carbonyl (C=O) groups excluding carboxylic acids is 1. The average molecular weight is 310 g/mol. The topological polar surface area (TPSA) is 38.3 Å². The highest BCUT2D eigenvalue weighted by atomic mass is 35.5. The molecule has 1 aromatic heterocycles. The SMILES string of the molecule is COC(=O)c1cc(Cl)ccc1NC(C)c1sccc1C. The Balaban J connectivity index is 2.29. The molecule has 1 unspecified atom stereocenters. The number of aryl methyl sites for hydroxylation is 1. The second-order valence-electron chi connectivity index (χ2n) is 4.52. The number of halogens is 1. The summed E-state index contributed by atoms with van der Waals surface area (Å²) in [6.45, 7) is 4.14. The molecule has 2 aromatic rings. The van der Waals surface area contributed by atoms with Crippen LogP contribution < -0.4 is 5.32 Å². The van der Waals surface area contributed by atoms with E-state index in [-0.39, 0.29) is 6.04 Å². The second-order valence-corrected chi connectivity index (χ2v) is 5.90. The van der Waals surface area contributed by atoms with Crippen molar-refractivity contribution in [3.8, 4) is 0 Å². The molecule has 0 aliphatic heterocycles. The summed E-state index contributed by atoms with van der Waals surface area (Å²) in [6.07, 6.45) is 0. The van der Waals surface area contributed by atoms with E-state index in [1.54, 1.807) is 29.5 Å². The highest BCUT2D eigenvalue weighted by molar-refractivity contribution is 7.10. The van der Waals surface area contributed by atoms with Crippen LogP contribution in [-0.4, -0.2) is 13.1 Å². The number of esters is 1. The summed E-state index contributed by atoms with van der Waals surface area (Å²) < 4.78 is 4.79. The van der Waals surface area contributed by atoms with E-state index in [1.165, 1.54) is 17.6 Å². The van der Waals surface area contributed by atoms with Crippen LogP contribution in [0, 0.1) is 6.92 Å². The third-order valence-electron chi connectivity index (χ3n) is 3.05. The van der Waals surface area contributed by atoms with Crippen molar-refractivity contribution in [2.75, 3.05) is 12.4 Å². The molecule has 0 aliphatic rings. The normalized spacial score (nSPS) is 12.0. The van der Waals surface area contributed by atoms with Crippen molar-refractivity contribution in [3.63, 3.8) is 0 Å². The maximum atomic E-state index is 11.8. The van der Waals surface area contributed by atoms with Gasteiger partial charge in [0.1, 0.15) is 0 Å². The lowest BCUT2D eigenvalue weighted by atomic mass is 10.1. The number of methoxy groups -OCH3 is 1. The quantitative estimate of drug-likeness (QED) is 0.834. The fraction of sp³-hybridized carbons (Fsp3) is 0.267. The fourth-order valence-corrected chi connectivity index (χ4v) is 3.16. The first kappa shape index (κ1) is 14.9. The van der Waals surface area contributed by atoms with Crippen LogP contribution >= 0.6 is 22.9 Å². The predicted molar refractivity (Wildman–Crippen MR) is 83.9 cm³/mol. The smallest absolute Gasteiger partial charge is 0.340 e. The van der Waals surface area contributed by atoms with Crippen molar-refractivity contribution >= 4 is 34.6 Å². The molecule has 0 fully saturated rings. The Kier molecular flexibility index (Phi) is 4.68. The Morgan fingerprint density at radius 3 is 2.75 bits per heavy atom. The zero-order chi connectivity index (χ0) is 14.7. The van der Waals surface area contributed by atoms with Gasteiger partial charge in [0.2, 0.25) is 0 Å². The van der Waals surface area contributed by atoms with E-state index < -0.39 is 5.97 Å². The summed E-state index contributed by atoms with van der Waals surface area (Å²) in [5.74, 6) is -0.398. The Bertz CT molecular complexity index is 624. The maximum Gasteiger partial charge on any atom is 0.340 e. The van der Waals surface area contributed by atoms with Crippen LogP contribution in [0.2, 0.25) is 5.02 Å². The predicted octanol–water partition coefficient (Wildman–Crippen LogP) is 4.67. The Hall–Kier alpha value is -1.52. The van der Waals surface area contributed by atoms with Crippen LogP contribution in [0.4, 0.5) is 5.69 Å². The van der Waals surface area contributed by atoms with E-state index in [4.69, 9.17) is 16.3 Å². The molecule has 0 aliphatic carbocycles. The molecule has 1 heterocycles. The number of thiophene rings is 1. The minimum absolute atomic E-state index is 0.111. The molecule has 106 valence electrons. The van der Waals surface area contributed by atoms with Crippen molar-refractivity contribution < 1.29 is 9.53 Å². The lowest BCUT2D eigenvalue weighted by Gasteiger charge is -2.17. The summed E-state index contributed by atoms with van der Waals surface area (Å²) in [5, 5.41) is 5.92. The minimum Gasteiger partial charge on any atom is -0.465 e. The monoisotopic (exact) mass is 309 g/mol. The molecule has 5 heteroatoms. The van der Waals surface area contributed by atoms with Gasteiger partial charge in [0.05, 0.1) is 18.7 Å². The number of nitrogens with one attached hydrogen (secondary N) is 1. The molecule has 2 rings (SSSR count). The number of ether oxygens (including phenoxy) is 1. The first-order valence-electron chi connectivity index (χ1n) is 6.21. The summed E-state index contributed by atoms with van der Waals surface area (Å²) in [5.41, 5.74) is 2.41. The number of hydrogen-bond donors (Lipinski definition) is 1. The number of rotatable bonds is 4. The fourth-order valence-electron chi connectivity index (χ4n) is 2.05. The van der Waals surface area contributed by atoms with Gasteiger partial charge in [-0.2, -0.15) is 0 Å². The summed E-state index contributed by atoms with van der Waals surface area (Å²) >= 11 is 7.64. The summed E-state index contributed by atoms with van der Waals surface area (Å²) in [7, 11) is 1.36. The van der Waals surface area contributed by atoms with Crippen LogP contribution in [0.15, 0.2) is 29.6 Å². The highest BCUT2D eigenvalue weighted by Crippen LogP contribution is 2.29. The molecule has 1 atom stereocenters. The summed E-state index contributed by atoms with van der Waals surface area (Å²) in [4.78, 5) is 13.0. The minimum atomic E-state index is -0.398. The molecule has 20 heavy (non-hydrogen) atoms. The number of benzene rings is 1. The van der Waals surface area contributed by atoms with Gasteiger partial charge in [0.25, 0.3) is 0 Å². The van der Waals surface area contributed by atoms with Crippen LogP contribution in [0.5, 0.6) is 0 Å². The van der Waals surface area contributed by atoms with Gasteiger partial charge >= 0.3 is 5.97 Å². The molecule has 0 amide bonds. The van der Waals surface area contributed by atoms with Crippen LogP contribution in [0.1, 0.15) is 33.8 Å². The molecule has 1 N–H and O–H groups in total. The van der Waals surface area contributed by atoms with Gasteiger partial charge in [0.15, 0.2) is 0 Å². The summed E-state index contributed by atoms with van der Waals surface area (Å²) in [6, 6.07) is 7.36. The molecule has 1 aromatic carbocycles. The van der Waals surface area contributed by atoms with E-state index in [1.807, 2.05) is 0 Å². The van der Waals surface area contributed by atoms with Gasteiger partial charge in [-0.1, -0.05) is 11.6 Å².